The maximum Gasteiger partial charge on any atom is 0.155 e. The summed E-state index contributed by atoms with van der Waals surface area (Å²) < 4.78 is 0.956. The Kier molecular flexibility index (Phi) is 3.73. The Balaban J connectivity index is 1.73. The van der Waals surface area contributed by atoms with Crippen molar-refractivity contribution in [3.8, 4) is 11.4 Å². The molecule has 0 amide bonds. The molecule has 0 saturated heterocycles. The van der Waals surface area contributed by atoms with E-state index >= 15 is 0 Å². The Hall–Kier alpha value is -2.21. The van der Waals surface area contributed by atoms with E-state index in [1.807, 2.05) is 18.2 Å². The highest BCUT2D eigenvalue weighted by Gasteiger charge is 2.02. The second-order valence-electron chi connectivity index (χ2n) is 4.28. The van der Waals surface area contributed by atoms with Crippen LogP contribution in [0, 0.1) is 0 Å². The SMILES string of the molecule is Brc1cncc(NCc2cccc(-c3ncn[nH]3)c2)c1. The number of aromatic nitrogens is 4. The number of aromatic amines is 1. The van der Waals surface area contributed by atoms with E-state index in [1.165, 1.54) is 11.9 Å². The lowest BCUT2D eigenvalue weighted by Gasteiger charge is -2.07. The minimum absolute atomic E-state index is 0.722. The zero-order valence-corrected chi connectivity index (χ0v) is 12.1. The molecule has 2 heterocycles. The van der Waals surface area contributed by atoms with Crippen LogP contribution in [-0.2, 0) is 6.54 Å². The third kappa shape index (κ3) is 3.03. The molecule has 1 aromatic carbocycles. The van der Waals surface area contributed by atoms with Crippen LogP contribution in [0.5, 0.6) is 0 Å². The lowest BCUT2D eigenvalue weighted by Crippen LogP contribution is -2.00. The van der Waals surface area contributed by atoms with Crippen molar-refractivity contribution in [3.63, 3.8) is 0 Å². The molecule has 0 saturated carbocycles. The molecule has 0 atom stereocenters. The fraction of sp³-hybridized carbons (Fsp3) is 0.0714. The molecule has 100 valence electrons. The van der Waals surface area contributed by atoms with Gasteiger partial charge in [0, 0.05) is 22.8 Å². The van der Waals surface area contributed by atoms with E-state index in [9.17, 15) is 0 Å². The molecule has 6 heteroatoms. The summed E-state index contributed by atoms with van der Waals surface area (Å²) in [5.74, 6) is 0.774. The zero-order chi connectivity index (χ0) is 13.8. The number of benzene rings is 1. The van der Waals surface area contributed by atoms with E-state index in [4.69, 9.17) is 0 Å². The quantitative estimate of drug-likeness (QED) is 0.771. The number of nitrogens with one attached hydrogen (secondary N) is 2. The highest BCUT2D eigenvalue weighted by atomic mass is 79.9. The maximum atomic E-state index is 4.15. The van der Waals surface area contributed by atoms with Gasteiger partial charge in [-0.2, -0.15) is 5.10 Å². The van der Waals surface area contributed by atoms with Crippen molar-refractivity contribution >= 4 is 21.6 Å². The van der Waals surface area contributed by atoms with E-state index in [2.05, 4.69) is 53.5 Å². The second kappa shape index (κ2) is 5.83. The van der Waals surface area contributed by atoms with E-state index in [0.29, 0.717) is 0 Å². The summed E-state index contributed by atoms with van der Waals surface area (Å²) >= 11 is 3.40. The molecule has 0 radical (unpaired) electrons. The van der Waals surface area contributed by atoms with Crippen molar-refractivity contribution in [1.82, 2.24) is 20.2 Å². The molecule has 2 aromatic heterocycles. The van der Waals surface area contributed by atoms with Crippen molar-refractivity contribution in [2.45, 2.75) is 6.54 Å². The topological polar surface area (TPSA) is 66.5 Å². The van der Waals surface area contributed by atoms with E-state index in [-0.39, 0.29) is 0 Å². The molecule has 0 spiro atoms. The van der Waals surface area contributed by atoms with Gasteiger partial charge in [0.05, 0.1) is 11.9 Å². The first-order valence-electron chi connectivity index (χ1n) is 6.10. The van der Waals surface area contributed by atoms with Crippen molar-refractivity contribution in [2.75, 3.05) is 5.32 Å². The Morgan fingerprint density at radius 2 is 2.15 bits per heavy atom. The predicted molar refractivity (Wildman–Crippen MR) is 81.1 cm³/mol. The molecule has 0 unspecified atom stereocenters. The Morgan fingerprint density at radius 1 is 1.20 bits per heavy atom. The standard InChI is InChI=1S/C14H12BrN5/c15-12-5-13(8-16-7-12)17-6-10-2-1-3-11(4-10)14-18-9-19-20-14/h1-5,7-9,17H,6H2,(H,18,19,20). The van der Waals surface area contributed by atoms with Crippen molar-refractivity contribution < 1.29 is 0 Å². The first kappa shape index (κ1) is 12.8. The van der Waals surface area contributed by atoms with Gasteiger partial charge in [0.15, 0.2) is 5.82 Å². The molecular formula is C14H12BrN5. The summed E-state index contributed by atoms with van der Waals surface area (Å²) in [5, 5.41) is 10.1. The number of pyridine rings is 1. The number of nitrogens with zero attached hydrogens (tertiary/aromatic N) is 3. The number of hydrogen-bond donors (Lipinski definition) is 2. The molecule has 0 bridgehead atoms. The van der Waals surface area contributed by atoms with Crippen LogP contribution in [0.25, 0.3) is 11.4 Å². The average Bonchev–Trinajstić information content (AvgIpc) is 3.00. The number of H-pyrrole nitrogens is 1. The fourth-order valence-electron chi connectivity index (χ4n) is 1.89. The van der Waals surface area contributed by atoms with E-state index in [0.717, 1.165) is 28.1 Å². The van der Waals surface area contributed by atoms with Gasteiger partial charge >= 0.3 is 0 Å². The van der Waals surface area contributed by atoms with Crippen LogP contribution in [0.1, 0.15) is 5.56 Å². The molecule has 5 nitrogen and oxygen atoms in total. The Labute approximate surface area is 124 Å². The minimum atomic E-state index is 0.722. The van der Waals surface area contributed by atoms with Crippen molar-refractivity contribution in [3.05, 3.63) is 59.1 Å². The largest absolute Gasteiger partial charge is 0.380 e. The smallest absolute Gasteiger partial charge is 0.155 e. The van der Waals surface area contributed by atoms with Crippen LogP contribution < -0.4 is 5.32 Å². The van der Waals surface area contributed by atoms with Gasteiger partial charge in [0.1, 0.15) is 6.33 Å². The van der Waals surface area contributed by atoms with Gasteiger partial charge in [0.25, 0.3) is 0 Å². The van der Waals surface area contributed by atoms with Crippen LogP contribution in [0.15, 0.2) is 53.5 Å². The predicted octanol–water partition coefficient (Wildman–Crippen LogP) is 3.24. The van der Waals surface area contributed by atoms with Gasteiger partial charge in [-0.15, -0.1) is 0 Å². The van der Waals surface area contributed by atoms with Crippen molar-refractivity contribution in [2.24, 2.45) is 0 Å². The molecule has 3 aromatic rings. The van der Waals surface area contributed by atoms with Crippen LogP contribution >= 0.6 is 15.9 Å². The highest BCUT2D eigenvalue weighted by molar-refractivity contribution is 9.10. The molecular weight excluding hydrogens is 318 g/mol. The van der Waals surface area contributed by atoms with Gasteiger partial charge < -0.3 is 5.32 Å². The van der Waals surface area contributed by atoms with Gasteiger partial charge in [-0.05, 0) is 33.6 Å². The summed E-state index contributed by atoms with van der Waals surface area (Å²) in [6.07, 6.45) is 5.06. The van der Waals surface area contributed by atoms with Crippen LogP contribution in [0.2, 0.25) is 0 Å². The minimum Gasteiger partial charge on any atom is -0.380 e. The van der Waals surface area contributed by atoms with Gasteiger partial charge in [0.2, 0.25) is 0 Å². The summed E-state index contributed by atoms with van der Waals surface area (Å²) in [5.41, 5.74) is 3.16. The van der Waals surface area contributed by atoms with E-state index in [1.54, 1.807) is 12.4 Å². The molecule has 0 aliphatic heterocycles. The lowest BCUT2D eigenvalue weighted by atomic mass is 10.1. The number of anilines is 1. The second-order valence-corrected chi connectivity index (χ2v) is 5.20. The third-order valence-electron chi connectivity index (χ3n) is 2.82. The molecule has 2 N–H and O–H groups in total. The molecule has 20 heavy (non-hydrogen) atoms. The van der Waals surface area contributed by atoms with Gasteiger partial charge in [-0.1, -0.05) is 18.2 Å². The highest BCUT2D eigenvalue weighted by Crippen LogP contribution is 2.18. The molecule has 0 fully saturated rings. The number of rotatable bonds is 4. The van der Waals surface area contributed by atoms with Crippen LogP contribution in [-0.4, -0.2) is 20.2 Å². The Morgan fingerprint density at radius 3 is 2.95 bits per heavy atom. The molecule has 0 aliphatic rings. The van der Waals surface area contributed by atoms with Crippen LogP contribution in [0.4, 0.5) is 5.69 Å². The maximum absolute atomic E-state index is 4.15. The molecule has 0 aliphatic carbocycles. The van der Waals surface area contributed by atoms with E-state index < -0.39 is 0 Å². The third-order valence-corrected chi connectivity index (χ3v) is 3.25. The summed E-state index contributed by atoms with van der Waals surface area (Å²) in [4.78, 5) is 8.28. The Bertz CT molecular complexity index is 696. The zero-order valence-electron chi connectivity index (χ0n) is 10.5. The monoisotopic (exact) mass is 329 g/mol. The first-order valence-corrected chi connectivity index (χ1v) is 6.90. The average molecular weight is 330 g/mol. The molecule has 3 rings (SSSR count). The van der Waals surface area contributed by atoms with Crippen molar-refractivity contribution in [1.29, 1.82) is 0 Å². The number of hydrogen-bond acceptors (Lipinski definition) is 4. The normalized spacial score (nSPS) is 10.4. The first-order chi connectivity index (χ1) is 9.81. The fourth-order valence-corrected chi connectivity index (χ4v) is 2.25. The summed E-state index contributed by atoms with van der Waals surface area (Å²) in [6.45, 7) is 0.722. The van der Waals surface area contributed by atoms with Crippen LogP contribution in [0.3, 0.4) is 0 Å². The summed E-state index contributed by atoms with van der Waals surface area (Å²) in [7, 11) is 0. The van der Waals surface area contributed by atoms with Gasteiger partial charge in [-0.3, -0.25) is 10.1 Å². The lowest BCUT2D eigenvalue weighted by molar-refractivity contribution is 1.09. The van der Waals surface area contributed by atoms with Gasteiger partial charge in [-0.25, -0.2) is 4.98 Å². The number of halogens is 1. The summed E-state index contributed by atoms with van der Waals surface area (Å²) in [6, 6.07) is 10.2.